The molecule has 59 heavy (non-hydrogen) atoms. The van der Waals surface area contributed by atoms with Gasteiger partial charge in [-0.25, -0.2) is 4.98 Å². The first kappa shape index (κ1) is 39.4. The second-order valence-corrected chi connectivity index (χ2v) is 16.6. The molecule has 0 aliphatic carbocycles. The summed E-state index contributed by atoms with van der Waals surface area (Å²) in [6, 6.07) is 19.3. The maximum atomic E-state index is 14.1. The average molecular weight is 811 g/mol. The molecule has 302 valence electrons. The molecule has 8 rings (SSSR count). The average Bonchev–Trinajstić information content (AvgIpc) is 4.04. The molecule has 13 nitrogen and oxygen atoms in total. The van der Waals surface area contributed by atoms with Crippen LogP contribution in [0.1, 0.15) is 55.7 Å². The van der Waals surface area contributed by atoms with Gasteiger partial charge in [0.05, 0.1) is 10.7 Å². The number of aryl methyl sites for hydroxylation is 2. The fourth-order valence-electron chi connectivity index (χ4n) is 7.91. The number of aromatic nitrogens is 4. The van der Waals surface area contributed by atoms with Crippen LogP contribution >= 0.6 is 11.3 Å². The number of hydrogen-bond acceptors (Lipinski definition) is 9. The first-order valence-electron chi connectivity index (χ1n) is 19.7. The Kier molecular flexibility index (Phi) is 11.2. The molecule has 2 unspecified atom stereocenters. The van der Waals surface area contributed by atoms with Gasteiger partial charge < -0.3 is 29.0 Å². The molecule has 2 atom stereocenters. The molecule has 6 aromatic rings. The number of benzene rings is 2. The number of rotatable bonds is 11. The van der Waals surface area contributed by atoms with Crippen molar-refractivity contribution in [3.8, 4) is 0 Å². The molecule has 0 bridgehead atoms. The van der Waals surface area contributed by atoms with E-state index in [-0.39, 0.29) is 47.6 Å². The SMILES string of the molecule is CN(C)C(=O)c1cc2ccc(C3=CC(C4C=C(c5ccc6oc(C(=O)N(C)C)cc6c5)CN(C(=O)CCc5cccnn5)C4)CN(C(=O)CCc4nccs4)C3)cc2[nH]1. The molecule has 0 spiro atoms. The highest BCUT2D eigenvalue weighted by molar-refractivity contribution is 7.09. The molecule has 0 saturated heterocycles. The van der Waals surface area contributed by atoms with E-state index in [1.165, 1.54) is 4.90 Å². The van der Waals surface area contributed by atoms with E-state index in [1.807, 2.05) is 69.8 Å². The molecular formula is C45H46N8O5S. The van der Waals surface area contributed by atoms with Gasteiger partial charge in [-0.2, -0.15) is 10.2 Å². The van der Waals surface area contributed by atoms with Gasteiger partial charge in [0.15, 0.2) is 5.76 Å². The Morgan fingerprint density at radius 3 is 2.10 bits per heavy atom. The molecule has 4 amide bonds. The van der Waals surface area contributed by atoms with E-state index in [2.05, 4.69) is 32.3 Å². The zero-order valence-corrected chi connectivity index (χ0v) is 34.4. The van der Waals surface area contributed by atoms with Gasteiger partial charge in [0.1, 0.15) is 11.3 Å². The van der Waals surface area contributed by atoms with Crippen LogP contribution in [0.5, 0.6) is 0 Å². The molecule has 14 heteroatoms. The highest BCUT2D eigenvalue weighted by Gasteiger charge is 2.34. The molecule has 0 saturated carbocycles. The number of amides is 4. The van der Waals surface area contributed by atoms with Crippen molar-refractivity contribution in [2.75, 3.05) is 54.4 Å². The van der Waals surface area contributed by atoms with E-state index in [0.29, 0.717) is 56.7 Å². The predicted octanol–water partition coefficient (Wildman–Crippen LogP) is 6.21. The van der Waals surface area contributed by atoms with Crippen molar-refractivity contribution in [3.63, 3.8) is 0 Å². The van der Waals surface area contributed by atoms with E-state index in [1.54, 1.807) is 62.9 Å². The van der Waals surface area contributed by atoms with Crippen LogP contribution < -0.4 is 0 Å². The smallest absolute Gasteiger partial charge is 0.289 e. The molecule has 0 fully saturated rings. The molecule has 1 N–H and O–H groups in total. The molecular weight excluding hydrogens is 765 g/mol. The summed E-state index contributed by atoms with van der Waals surface area (Å²) in [5, 5.41) is 12.7. The summed E-state index contributed by atoms with van der Waals surface area (Å²) >= 11 is 1.55. The number of nitrogens with one attached hydrogen (secondary N) is 1. The standard InChI is InChI=1S/C45H46N8O5S/c1-50(2)44(56)38-22-30-8-7-29(21-37(30)48-38)33-20-35(27-53(25-33)43(55)14-12-41-46-16-17-59-41)34-19-32(24-52(26-34)42(54)13-10-36-6-5-15-47-49-36)28-9-11-39-31(18-28)23-40(58-39)45(57)51(3)4/h5-9,11,15-23,34-35,48H,10,12-14,24-27H2,1-4H3. The van der Waals surface area contributed by atoms with E-state index in [0.717, 1.165) is 49.3 Å². The van der Waals surface area contributed by atoms with Crippen LogP contribution in [-0.2, 0) is 22.4 Å². The topological polar surface area (TPSA) is 149 Å². The van der Waals surface area contributed by atoms with Crippen molar-refractivity contribution >= 4 is 68.0 Å². The summed E-state index contributed by atoms with van der Waals surface area (Å²) in [5.41, 5.74) is 6.56. The van der Waals surface area contributed by atoms with Crippen LogP contribution in [0.25, 0.3) is 33.0 Å². The molecule has 2 aromatic carbocycles. The van der Waals surface area contributed by atoms with Crippen LogP contribution in [0, 0.1) is 11.8 Å². The molecule has 6 heterocycles. The van der Waals surface area contributed by atoms with E-state index in [4.69, 9.17) is 4.42 Å². The van der Waals surface area contributed by atoms with Gasteiger partial charge >= 0.3 is 0 Å². The van der Waals surface area contributed by atoms with E-state index < -0.39 is 0 Å². The lowest BCUT2D eigenvalue weighted by atomic mass is 9.81. The highest BCUT2D eigenvalue weighted by Crippen LogP contribution is 2.36. The number of furan rings is 1. The minimum absolute atomic E-state index is 0.00572. The number of aromatic amines is 1. The summed E-state index contributed by atoms with van der Waals surface area (Å²) in [7, 11) is 6.83. The minimum atomic E-state index is -0.219. The summed E-state index contributed by atoms with van der Waals surface area (Å²) in [6.45, 7) is 1.79. The Morgan fingerprint density at radius 1 is 0.780 bits per heavy atom. The van der Waals surface area contributed by atoms with E-state index >= 15 is 0 Å². The van der Waals surface area contributed by atoms with Gasteiger partial charge in [-0.3, -0.25) is 19.2 Å². The Hall–Kier alpha value is -6.41. The largest absolute Gasteiger partial charge is 0.451 e. The van der Waals surface area contributed by atoms with Crippen LogP contribution in [0.15, 0.2) is 95.0 Å². The van der Waals surface area contributed by atoms with Crippen molar-refractivity contribution in [3.05, 3.63) is 124 Å². The van der Waals surface area contributed by atoms with Gasteiger partial charge in [-0.1, -0.05) is 30.4 Å². The fourth-order valence-corrected chi connectivity index (χ4v) is 8.53. The summed E-state index contributed by atoms with van der Waals surface area (Å²) < 4.78 is 5.91. The lowest BCUT2D eigenvalue weighted by Gasteiger charge is -2.40. The van der Waals surface area contributed by atoms with Crippen LogP contribution in [0.2, 0.25) is 0 Å². The number of carbonyl (C=O) groups is 4. The molecule has 2 aliphatic rings. The van der Waals surface area contributed by atoms with Crippen molar-refractivity contribution < 1.29 is 23.6 Å². The number of H-pyrrole nitrogens is 1. The maximum absolute atomic E-state index is 14.1. The number of hydrogen-bond donors (Lipinski definition) is 1. The van der Waals surface area contributed by atoms with Crippen molar-refractivity contribution in [2.24, 2.45) is 11.8 Å². The lowest BCUT2D eigenvalue weighted by Crippen LogP contribution is -2.46. The first-order valence-corrected chi connectivity index (χ1v) is 20.6. The predicted molar refractivity (Wildman–Crippen MR) is 227 cm³/mol. The van der Waals surface area contributed by atoms with Gasteiger partial charge in [0.25, 0.3) is 11.8 Å². The highest BCUT2D eigenvalue weighted by atomic mass is 32.1. The van der Waals surface area contributed by atoms with Crippen molar-refractivity contribution in [1.82, 2.24) is 39.8 Å². The Labute approximate surface area is 346 Å². The van der Waals surface area contributed by atoms with Crippen LogP contribution in [0.4, 0.5) is 0 Å². The van der Waals surface area contributed by atoms with E-state index in [9.17, 15) is 19.2 Å². The Balaban J connectivity index is 1.15. The lowest BCUT2D eigenvalue weighted by molar-refractivity contribution is -0.133. The van der Waals surface area contributed by atoms with Gasteiger partial charge in [-0.05, 0) is 64.7 Å². The zero-order valence-electron chi connectivity index (χ0n) is 33.6. The van der Waals surface area contributed by atoms with Crippen LogP contribution in [0.3, 0.4) is 0 Å². The monoisotopic (exact) mass is 810 g/mol. The summed E-state index contributed by atoms with van der Waals surface area (Å²) in [4.78, 5) is 68.2. The van der Waals surface area contributed by atoms with Crippen molar-refractivity contribution in [2.45, 2.75) is 25.7 Å². The molecule has 2 aliphatic heterocycles. The third kappa shape index (κ3) is 8.72. The number of thiazole rings is 1. The zero-order chi connectivity index (χ0) is 41.2. The second kappa shape index (κ2) is 16.8. The fraction of sp³-hybridized carbons (Fsp3) is 0.311. The summed E-state index contributed by atoms with van der Waals surface area (Å²) in [6.07, 6.45) is 9.55. The summed E-state index contributed by atoms with van der Waals surface area (Å²) in [5.74, 6) is -0.276. The Bertz CT molecular complexity index is 2590. The minimum Gasteiger partial charge on any atom is -0.451 e. The number of nitrogens with zero attached hydrogens (tertiary/aromatic N) is 7. The quantitative estimate of drug-likeness (QED) is 0.162. The normalized spacial score (nSPS) is 16.9. The third-order valence-electron chi connectivity index (χ3n) is 11.1. The second-order valence-electron chi connectivity index (χ2n) is 15.6. The maximum Gasteiger partial charge on any atom is 0.289 e. The van der Waals surface area contributed by atoms with Gasteiger partial charge in [0, 0.05) is 126 Å². The Morgan fingerprint density at radius 2 is 1.46 bits per heavy atom. The van der Waals surface area contributed by atoms with Crippen molar-refractivity contribution in [1.29, 1.82) is 0 Å². The van der Waals surface area contributed by atoms with Crippen LogP contribution in [-0.4, -0.2) is 118 Å². The molecule has 4 aromatic heterocycles. The number of fused-ring (bicyclic) bond motifs is 2. The van der Waals surface area contributed by atoms with Gasteiger partial charge in [0.2, 0.25) is 11.8 Å². The number of carbonyl (C=O) groups excluding carboxylic acids is 4. The molecule has 0 radical (unpaired) electrons. The van der Waals surface area contributed by atoms with Gasteiger partial charge in [-0.15, -0.1) is 11.3 Å². The first-order chi connectivity index (χ1) is 28.5. The third-order valence-corrected chi connectivity index (χ3v) is 11.9.